The van der Waals surface area contributed by atoms with Gasteiger partial charge in [0.2, 0.25) is 0 Å². The van der Waals surface area contributed by atoms with E-state index in [1.54, 1.807) is 7.11 Å². The van der Waals surface area contributed by atoms with Crippen LogP contribution in [0.1, 0.15) is 47.6 Å². The number of hydrogen-bond donors (Lipinski definition) is 1. The Morgan fingerprint density at radius 1 is 1.19 bits per heavy atom. The van der Waals surface area contributed by atoms with E-state index in [0.29, 0.717) is 6.42 Å². The van der Waals surface area contributed by atoms with Gasteiger partial charge in [0.15, 0.2) is 0 Å². The maximum Gasteiger partial charge on any atom is 0.320 e. The Bertz CT molecular complexity index is 787. The third-order valence-corrected chi connectivity index (χ3v) is 5.30. The monoisotopic (exact) mass is 353 g/mol. The van der Waals surface area contributed by atoms with Gasteiger partial charge in [0.05, 0.1) is 13.2 Å². The molecule has 138 valence electrons. The molecule has 1 aliphatic rings. The first-order valence-electron chi connectivity index (χ1n) is 9.21. The summed E-state index contributed by atoms with van der Waals surface area (Å²) in [7, 11) is 1.66. The third-order valence-electron chi connectivity index (χ3n) is 5.30. The van der Waals surface area contributed by atoms with Crippen LogP contribution in [-0.2, 0) is 4.79 Å². The fraction of sp³-hybridized carbons (Fsp3) is 0.409. The van der Waals surface area contributed by atoms with Crippen molar-refractivity contribution in [2.24, 2.45) is 0 Å². The van der Waals surface area contributed by atoms with Crippen molar-refractivity contribution in [3.05, 3.63) is 64.7 Å². The molecule has 2 atom stereocenters. The van der Waals surface area contributed by atoms with E-state index in [9.17, 15) is 9.90 Å². The molecule has 26 heavy (non-hydrogen) atoms. The molecule has 0 amide bonds. The molecule has 1 saturated heterocycles. The lowest BCUT2D eigenvalue weighted by atomic mass is 9.88. The molecule has 2 aromatic carbocycles. The second kappa shape index (κ2) is 7.92. The number of methoxy groups -OCH3 is 1. The van der Waals surface area contributed by atoms with E-state index < -0.39 is 12.0 Å². The van der Waals surface area contributed by atoms with E-state index in [4.69, 9.17) is 4.74 Å². The number of hydrogen-bond acceptors (Lipinski definition) is 3. The molecule has 0 spiro atoms. The molecule has 0 saturated carbocycles. The summed E-state index contributed by atoms with van der Waals surface area (Å²) < 4.78 is 5.42. The summed E-state index contributed by atoms with van der Waals surface area (Å²) in [6, 6.07) is 13.9. The Labute approximate surface area is 155 Å². The van der Waals surface area contributed by atoms with Crippen LogP contribution in [0.25, 0.3) is 0 Å². The second-order valence-corrected chi connectivity index (χ2v) is 7.13. The number of likely N-dealkylation sites (tertiary alicyclic amines) is 1. The lowest BCUT2D eigenvalue weighted by Crippen LogP contribution is -2.47. The van der Waals surface area contributed by atoms with Crippen LogP contribution in [-0.4, -0.2) is 35.7 Å². The summed E-state index contributed by atoms with van der Waals surface area (Å²) >= 11 is 0. The minimum atomic E-state index is -0.733. The number of aliphatic carboxylic acids is 1. The molecular weight excluding hydrogens is 326 g/mol. The van der Waals surface area contributed by atoms with Crippen molar-refractivity contribution >= 4 is 5.97 Å². The van der Waals surface area contributed by atoms with E-state index in [1.165, 1.54) is 16.7 Å². The first kappa shape index (κ1) is 18.5. The molecule has 2 aromatic rings. The molecule has 0 bridgehead atoms. The third kappa shape index (κ3) is 3.75. The van der Waals surface area contributed by atoms with Crippen molar-refractivity contribution in [3.63, 3.8) is 0 Å². The van der Waals surface area contributed by atoms with Crippen LogP contribution in [0.3, 0.4) is 0 Å². The summed E-state index contributed by atoms with van der Waals surface area (Å²) in [5.74, 6) is 0.0598. The van der Waals surface area contributed by atoms with Gasteiger partial charge in [-0.3, -0.25) is 9.69 Å². The predicted octanol–water partition coefficient (Wildman–Crippen LogP) is 4.34. The topological polar surface area (TPSA) is 49.8 Å². The zero-order valence-corrected chi connectivity index (χ0v) is 15.7. The average Bonchev–Trinajstić information content (AvgIpc) is 2.65. The lowest BCUT2D eigenvalue weighted by molar-refractivity contribution is -0.145. The number of nitrogens with zero attached hydrogens (tertiary/aromatic N) is 1. The van der Waals surface area contributed by atoms with Gasteiger partial charge in [0.25, 0.3) is 0 Å². The fourth-order valence-corrected chi connectivity index (χ4v) is 3.94. The molecule has 1 fully saturated rings. The summed E-state index contributed by atoms with van der Waals surface area (Å²) in [5.41, 5.74) is 4.61. The Balaban J connectivity index is 2.14. The Kier molecular flexibility index (Phi) is 5.62. The van der Waals surface area contributed by atoms with Crippen LogP contribution in [0.2, 0.25) is 0 Å². The largest absolute Gasteiger partial charge is 0.497 e. The first-order valence-corrected chi connectivity index (χ1v) is 9.21. The lowest BCUT2D eigenvalue weighted by Gasteiger charge is -2.40. The minimum Gasteiger partial charge on any atom is -0.497 e. The highest BCUT2D eigenvalue weighted by atomic mass is 16.5. The number of carboxylic acid groups (broad SMARTS) is 1. The normalized spacial score (nSPS) is 19.1. The number of rotatable bonds is 5. The smallest absolute Gasteiger partial charge is 0.320 e. The van der Waals surface area contributed by atoms with E-state index in [1.807, 2.05) is 18.2 Å². The van der Waals surface area contributed by atoms with Crippen molar-refractivity contribution < 1.29 is 14.6 Å². The van der Waals surface area contributed by atoms with Crippen LogP contribution in [0.15, 0.2) is 42.5 Å². The van der Waals surface area contributed by atoms with E-state index in [-0.39, 0.29) is 6.04 Å². The molecule has 0 aliphatic carbocycles. The zero-order valence-electron chi connectivity index (χ0n) is 15.7. The highest BCUT2D eigenvalue weighted by Gasteiger charge is 2.35. The van der Waals surface area contributed by atoms with Crippen molar-refractivity contribution in [1.82, 2.24) is 4.90 Å². The predicted molar refractivity (Wildman–Crippen MR) is 103 cm³/mol. The van der Waals surface area contributed by atoms with E-state index >= 15 is 0 Å². The zero-order chi connectivity index (χ0) is 18.7. The fourth-order valence-electron chi connectivity index (χ4n) is 3.94. The van der Waals surface area contributed by atoms with Gasteiger partial charge in [0.1, 0.15) is 11.8 Å². The van der Waals surface area contributed by atoms with Crippen molar-refractivity contribution in [2.45, 2.75) is 45.2 Å². The van der Waals surface area contributed by atoms with Crippen LogP contribution >= 0.6 is 0 Å². The van der Waals surface area contributed by atoms with Crippen LogP contribution < -0.4 is 4.74 Å². The molecule has 1 aliphatic heterocycles. The Morgan fingerprint density at radius 3 is 2.73 bits per heavy atom. The molecule has 2 unspecified atom stereocenters. The van der Waals surface area contributed by atoms with Gasteiger partial charge in [-0.25, -0.2) is 0 Å². The SMILES string of the molecule is COc1cccc(C(c2cc(C)ccc2C)N2CCCCC2C(=O)O)c1. The molecule has 1 N–H and O–H groups in total. The van der Waals surface area contributed by atoms with Gasteiger partial charge < -0.3 is 9.84 Å². The number of benzene rings is 2. The number of aryl methyl sites for hydroxylation is 2. The van der Waals surface area contributed by atoms with Gasteiger partial charge in [-0.1, -0.05) is 42.3 Å². The standard InChI is InChI=1S/C22H27NO3/c1-15-10-11-16(2)19(13-15)21(17-7-6-8-18(14-17)26-3)23-12-5-4-9-20(23)22(24)25/h6-8,10-11,13-14,20-21H,4-5,9,12H2,1-3H3,(H,24,25). The molecule has 4 nitrogen and oxygen atoms in total. The maximum atomic E-state index is 11.9. The van der Waals surface area contributed by atoms with Gasteiger partial charge >= 0.3 is 5.97 Å². The number of carbonyl (C=O) groups is 1. The molecule has 1 heterocycles. The highest BCUT2D eigenvalue weighted by molar-refractivity contribution is 5.73. The van der Waals surface area contributed by atoms with Crippen LogP contribution in [0.5, 0.6) is 5.75 Å². The second-order valence-electron chi connectivity index (χ2n) is 7.13. The van der Waals surface area contributed by atoms with E-state index in [0.717, 1.165) is 30.7 Å². The molecular formula is C22H27NO3. The maximum absolute atomic E-state index is 11.9. The number of carboxylic acids is 1. The minimum absolute atomic E-state index is 0.0913. The van der Waals surface area contributed by atoms with Crippen molar-refractivity contribution in [2.75, 3.05) is 13.7 Å². The Morgan fingerprint density at radius 2 is 2.00 bits per heavy atom. The highest BCUT2D eigenvalue weighted by Crippen LogP contribution is 2.37. The van der Waals surface area contributed by atoms with Gasteiger partial charge in [0, 0.05) is 0 Å². The van der Waals surface area contributed by atoms with Crippen LogP contribution in [0.4, 0.5) is 0 Å². The molecule has 4 heteroatoms. The van der Waals surface area contributed by atoms with Crippen molar-refractivity contribution in [3.8, 4) is 5.75 Å². The Hall–Kier alpha value is -2.33. The summed E-state index contributed by atoms with van der Waals surface area (Å²) in [6.07, 6.45) is 2.68. The summed E-state index contributed by atoms with van der Waals surface area (Å²) in [4.78, 5) is 14.1. The number of piperidine rings is 1. The first-order chi connectivity index (χ1) is 12.5. The molecule has 3 rings (SSSR count). The van der Waals surface area contributed by atoms with Crippen molar-refractivity contribution in [1.29, 1.82) is 0 Å². The van der Waals surface area contributed by atoms with E-state index in [2.05, 4.69) is 43.0 Å². The van der Waals surface area contributed by atoms with Crippen LogP contribution in [0, 0.1) is 13.8 Å². The van der Waals surface area contributed by atoms with Gasteiger partial charge in [-0.2, -0.15) is 0 Å². The quantitative estimate of drug-likeness (QED) is 0.869. The molecule has 0 aromatic heterocycles. The number of ether oxygens (including phenoxy) is 1. The summed E-state index contributed by atoms with van der Waals surface area (Å²) in [5, 5.41) is 9.81. The van der Waals surface area contributed by atoms with Gasteiger partial charge in [-0.05, 0) is 62.1 Å². The van der Waals surface area contributed by atoms with Gasteiger partial charge in [-0.15, -0.1) is 0 Å². The average molecular weight is 353 g/mol. The molecule has 0 radical (unpaired) electrons. The summed E-state index contributed by atoms with van der Waals surface area (Å²) in [6.45, 7) is 4.96.